The fourth-order valence-electron chi connectivity index (χ4n) is 3.83. The number of piperidine rings is 1. The van der Waals surface area contributed by atoms with Crippen LogP contribution in [0.1, 0.15) is 47.0 Å². The lowest BCUT2D eigenvalue weighted by atomic mass is 10.00. The summed E-state index contributed by atoms with van der Waals surface area (Å²) in [6.45, 7) is 13.2. The molecule has 0 saturated carbocycles. The quantitative estimate of drug-likeness (QED) is 0.714. The van der Waals surface area contributed by atoms with E-state index in [1.165, 1.54) is 30.6 Å². The molecule has 25 heavy (non-hydrogen) atoms. The van der Waals surface area contributed by atoms with E-state index in [4.69, 9.17) is 5.73 Å². The molecule has 0 amide bonds. The second-order valence-corrected chi connectivity index (χ2v) is 8.21. The summed E-state index contributed by atoms with van der Waals surface area (Å²) in [5.74, 6) is 0.675. The average Bonchev–Trinajstić information content (AvgIpc) is 2.55. The second kappa shape index (κ2) is 9.98. The van der Waals surface area contributed by atoms with Gasteiger partial charge in [0.25, 0.3) is 0 Å². The third-order valence-electron chi connectivity index (χ3n) is 4.97. The Kier molecular flexibility index (Phi) is 7.98. The molecular formula is C22H37N3. The van der Waals surface area contributed by atoms with Gasteiger partial charge < -0.3 is 10.6 Å². The lowest BCUT2D eigenvalue weighted by Gasteiger charge is -2.41. The fourth-order valence-corrected chi connectivity index (χ4v) is 3.83. The van der Waals surface area contributed by atoms with Crippen molar-refractivity contribution in [1.29, 1.82) is 0 Å². The number of anilines is 1. The standard InChI is InChI=1S/C22H37N3/c1-18(2)12-14-25(21-9-6-5-7-10-21)22-11-8-13-24(17-22)16-20(23)15-19(3)4/h5-7,9-10,12,19-20,22H,8,11,13-17,23H2,1-4H3. The van der Waals surface area contributed by atoms with Crippen molar-refractivity contribution in [3.8, 4) is 0 Å². The van der Waals surface area contributed by atoms with Gasteiger partial charge in [-0.3, -0.25) is 4.90 Å². The minimum atomic E-state index is 0.293. The SMILES string of the molecule is CC(C)=CCN(c1ccccc1)C1CCCN(CC(N)CC(C)C)C1. The van der Waals surface area contributed by atoms with Gasteiger partial charge in [0.05, 0.1) is 0 Å². The number of hydrogen-bond donors (Lipinski definition) is 1. The lowest BCUT2D eigenvalue weighted by molar-refractivity contribution is 0.188. The summed E-state index contributed by atoms with van der Waals surface area (Å²) in [6, 6.07) is 11.7. The fraction of sp³-hybridized carbons (Fsp3) is 0.636. The summed E-state index contributed by atoms with van der Waals surface area (Å²) in [7, 11) is 0. The van der Waals surface area contributed by atoms with E-state index < -0.39 is 0 Å². The molecule has 1 aromatic rings. The van der Waals surface area contributed by atoms with Crippen molar-refractivity contribution in [2.45, 2.75) is 59.0 Å². The zero-order valence-electron chi connectivity index (χ0n) is 16.6. The van der Waals surface area contributed by atoms with E-state index in [1.54, 1.807) is 0 Å². The molecule has 1 saturated heterocycles. The normalized spacial score (nSPS) is 19.7. The maximum Gasteiger partial charge on any atom is 0.0421 e. The molecule has 0 radical (unpaired) electrons. The minimum absolute atomic E-state index is 0.293. The average molecular weight is 344 g/mol. The number of rotatable bonds is 8. The number of likely N-dealkylation sites (tertiary alicyclic amines) is 1. The molecule has 1 aromatic carbocycles. The molecule has 0 aliphatic carbocycles. The van der Waals surface area contributed by atoms with Gasteiger partial charge >= 0.3 is 0 Å². The number of nitrogens with zero attached hydrogens (tertiary/aromatic N) is 2. The zero-order chi connectivity index (χ0) is 18.2. The molecule has 2 unspecified atom stereocenters. The molecule has 0 spiro atoms. The van der Waals surface area contributed by atoms with Crippen LogP contribution in [0.15, 0.2) is 42.0 Å². The maximum absolute atomic E-state index is 6.37. The van der Waals surface area contributed by atoms with Crippen molar-refractivity contribution in [3.05, 3.63) is 42.0 Å². The summed E-state index contributed by atoms with van der Waals surface area (Å²) in [4.78, 5) is 5.16. The van der Waals surface area contributed by atoms with E-state index in [-0.39, 0.29) is 0 Å². The molecule has 2 N–H and O–H groups in total. The first-order valence-electron chi connectivity index (χ1n) is 9.88. The third-order valence-corrected chi connectivity index (χ3v) is 4.97. The van der Waals surface area contributed by atoms with Gasteiger partial charge in [0, 0.05) is 37.4 Å². The molecule has 1 fully saturated rings. The van der Waals surface area contributed by atoms with E-state index in [2.05, 4.69) is 73.9 Å². The number of benzene rings is 1. The predicted octanol–water partition coefficient (Wildman–Crippen LogP) is 4.30. The topological polar surface area (TPSA) is 32.5 Å². The Morgan fingerprint density at radius 1 is 1.28 bits per heavy atom. The van der Waals surface area contributed by atoms with E-state index in [0.717, 1.165) is 26.1 Å². The minimum Gasteiger partial charge on any atom is -0.364 e. The third kappa shape index (κ3) is 6.83. The highest BCUT2D eigenvalue weighted by Gasteiger charge is 2.26. The van der Waals surface area contributed by atoms with Crippen molar-refractivity contribution in [1.82, 2.24) is 4.90 Å². The smallest absolute Gasteiger partial charge is 0.0421 e. The van der Waals surface area contributed by atoms with Gasteiger partial charge in [0.1, 0.15) is 0 Å². The van der Waals surface area contributed by atoms with Gasteiger partial charge in [-0.1, -0.05) is 43.7 Å². The van der Waals surface area contributed by atoms with Crippen LogP contribution in [0, 0.1) is 5.92 Å². The van der Waals surface area contributed by atoms with Crippen molar-refractivity contribution in [3.63, 3.8) is 0 Å². The number of allylic oxidation sites excluding steroid dienone is 1. The van der Waals surface area contributed by atoms with Crippen LogP contribution >= 0.6 is 0 Å². The molecule has 1 aliphatic heterocycles. The molecule has 0 bridgehead atoms. The summed E-state index contributed by atoms with van der Waals surface area (Å²) in [6.07, 6.45) is 5.98. The molecule has 0 aromatic heterocycles. The van der Waals surface area contributed by atoms with Crippen LogP contribution in [0.3, 0.4) is 0 Å². The van der Waals surface area contributed by atoms with Crippen LogP contribution in [-0.2, 0) is 0 Å². The van der Waals surface area contributed by atoms with E-state index in [9.17, 15) is 0 Å². The summed E-state index contributed by atoms with van der Waals surface area (Å²) in [5, 5.41) is 0. The number of nitrogens with two attached hydrogens (primary N) is 1. The number of hydrogen-bond acceptors (Lipinski definition) is 3. The zero-order valence-corrected chi connectivity index (χ0v) is 16.6. The van der Waals surface area contributed by atoms with Crippen molar-refractivity contribution in [2.24, 2.45) is 11.7 Å². The Bertz CT molecular complexity index is 519. The molecular weight excluding hydrogens is 306 g/mol. The summed E-state index contributed by atoms with van der Waals surface area (Å²) in [5.41, 5.74) is 9.09. The predicted molar refractivity (Wildman–Crippen MR) is 110 cm³/mol. The van der Waals surface area contributed by atoms with Gasteiger partial charge in [-0.2, -0.15) is 0 Å². The highest BCUT2D eigenvalue weighted by atomic mass is 15.2. The van der Waals surface area contributed by atoms with Gasteiger partial charge in [0.15, 0.2) is 0 Å². The summed E-state index contributed by atoms with van der Waals surface area (Å²) < 4.78 is 0. The lowest BCUT2D eigenvalue weighted by Crippen LogP contribution is -2.51. The van der Waals surface area contributed by atoms with Crippen molar-refractivity contribution >= 4 is 5.69 Å². The van der Waals surface area contributed by atoms with Gasteiger partial charge in [-0.25, -0.2) is 0 Å². The van der Waals surface area contributed by atoms with E-state index in [0.29, 0.717) is 18.0 Å². The highest BCUT2D eigenvalue weighted by molar-refractivity contribution is 5.48. The first kappa shape index (κ1) is 20.0. The monoisotopic (exact) mass is 343 g/mol. The number of para-hydroxylation sites is 1. The van der Waals surface area contributed by atoms with Crippen molar-refractivity contribution < 1.29 is 0 Å². The van der Waals surface area contributed by atoms with Crippen LogP contribution in [-0.4, -0.2) is 43.2 Å². The van der Waals surface area contributed by atoms with Gasteiger partial charge in [-0.15, -0.1) is 0 Å². The Labute approximate surface area is 154 Å². The molecule has 3 heteroatoms. The van der Waals surface area contributed by atoms with E-state index in [1.807, 2.05) is 0 Å². The van der Waals surface area contributed by atoms with Crippen LogP contribution in [0.5, 0.6) is 0 Å². The maximum atomic E-state index is 6.37. The first-order valence-corrected chi connectivity index (χ1v) is 9.88. The highest BCUT2D eigenvalue weighted by Crippen LogP contribution is 2.23. The second-order valence-electron chi connectivity index (χ2n) is 8.21. The van der Waals surface area contributed by atoms with Gasteiger partial charge in [-0.05, 0) is 57.7 Å². The molecule has 140 valence electrons. The first-order chi connectivity index (χ1) is 12.0. The van der Waals surface area contributed by atoms with Crippen molar-refractivity contribution in [2.75, 3.05) is 31.1 Å². The Balaban J connectivity index is 2.04. The molecule has 2 atom stereocenters. The van der Waals surface area contributed by atoms with Crippen LogP contribution < -0.4 is 10.6 Å². The largest absolute Gasteiger partial charge is 0.364 e. The molecule has 2 rings (SSSR count). The Hall–Kier alpha value is -1.32. The summed E-state index contributed by atoms with van der Waals surface area (Å²) >= 11 is 0. The van der Waals surface area contributed by atoms with Crippen LogP contribution in [0.2, 0.25) is 0 Å². The molecule has 3 nitrogen and oxygen atoms in total. The van der Waals surface area contributed by atoms with Gasteiger partial charge in [0.2, 0.25) is 0 Å². The van der Waals surface area contributed by atoms with Crippen LogP contribution in [0.25, 0.3) is 0 Å². The Morgan fingerprint density at radius 3 is 2.64 bits per heavy atom. The molecule has 1 heterocycles. The van der Waals surface area contributed by atoms with Crippen LogP contribution in [0.4, 0.5) is 5.69 Å². The van der Waals surface area contributed by atoms with E-state index >= 15 is 0 Å². The molecule has 1 aliphatic rings. The Morgan fingerprint density at radius 2 is 2.00 bits per heavy atom.